The lowest BCUT2D eigenvalue weighted by atomic mass is 9.33. The van der Waals surface area contributed by atoms with Gasteiger partial charge in [-0.15, -0.1) is 0 Å². The van der Waals surface area contributed by atoms with Crippen molar-refractivity contribution in [1.82, 2.24) is 4.57 Å². The maximum atomic E-state index is 6.90. The fourth-order valence-corrected chi connectivity index (χ4v) is 8.81. The summed E-state index contributed by atoms with van der Waals surface area (Å²) in [4.78, 5) is 0. The lowest BCUT2D eigenvalue weighted by molar-refractivity contribution is 0.488. The summed E-state index contributed by atoms with van der Waals surface area (Å²) in [5.74, 6) is 1.86. The van der Waals surface area contributed by atoms with Gasteiger partial charge in [0.1, 0.15) is 11.5 Å². The summed E-state index contributed by atoms with van der Waals surface area (Å²) in [7, 11) is 0. The van der Waals surface area contributed by atoms with Crippen molar-refractivity contribution in [1.29, 1.82) is 0 Å². The summed E-state index contributed by atoms with van der Waals surface area (Å²) < 4.78 is 9.43. The number of hydrogen-bond acceptors (Lipinski definition) is 1. The Morgan fingerprint density at radius 2 is 0.917 bits per heavy atom. The van der Waals surface area contributed by atoms with Crippen LogP contribution in [0.5, 0.6) is 11.5 Å². The quantitative estimate of drug-likeness (QED) is 0.204. The summed E-state index contributed by atoms with van der Waals surface area (Å²) in [6.45, 7) is 0.0560. The molecule has 11 rings (SSSR count). The zero-order valence-electron chi connectivity index (χ0n) is 26.1. The second-order valence-corrected chi connectivity index (χ2v) is 13.2. The number of aromatic nitrogens is 1. The van der Waals surface area contributed by atoms with Crippen LogP contribution in [-0.4, -0.2) is 18.0 Å². The Labute approximate surface area is 279 Å². The lowest BCUT2D eigenvalue weighted by Crippen LogP contribution is -2.59. The second-order valence-electron chi connectivity index (χ2n) is 13.2. The van der Waals surface area contributed by atoms with Gasteiger partial charge in [-0.3, -0.25) is 0 Å². The molecule has 8 aromatic carbocycles. The van der Waals surface area contributed by atoms with E-state index in [2.05, 4.69) is 168 Å². The number of benzene rings is 8. The zero-order chi connectivity index (χ0) is 31.3. The van der Waals surface area contributed by atoms with E-state index in [0.29, 0.717) is 0 Å². The van der Waals surface area contributed by atoms with Gasteiger partial charge in [0, 0.05) is 22.0 Å². The molecule has 0 fully saturated rings. The van der Waals surface area contributed by atoms with E-state index in [0.717, 1.165) is 11.5 Å². The van der Waals surface area contributed by atoms with Crippen molar-refractivity contribution in [3.8, 4) is 17.2 Å². The van der Waals surface area contributed by atoms with Crippen LogP contribution >= 0.6 is 0 Å². The molecule has 0 unspecified atom stereocenters. The van der Waals surface area contributed by atoms with Crippen molar-refractivity contribution in [2.24, 2.45) is 0 Å². The minimum absolute atomic E-state index is 0.0202. The fraction of sp³-hybridized carbons (Fsp3) is 0. The van der Waals surface area contributed by atoms with Gasteiger partial charge >= 0.3 is 0 Å². The molecule has 4 heteroatoms. The predicted molar refractivity (Wildman–Crippen MR) is 205 cm³/mol. The molecular weight excluding hydrogens is 580 g/mol. The molecule has 220 valence electrons. The standard InChI is InChI=1S/C44H27B2NO/c1-3-16-30-28(12-1)14-9-21-34(30)45-36-20-6-8-25-42(36)48-43-27-38-41(26-39(43)45)47-40-24-7-5-18-32(40)33-19-11-23-37(44(33)47)46(38)35-22-10-15-29-13-2-4-17-31(29)35/h1-27H. The largest absolute Gasteiger partial charge is 0.458 e. The third-order valence-electron chi connectivity index (χ3n) is 10.8. The first kappa shape index (κ1) is 26.1. The molecular formula is C44H27B2NO. The first-order valence-corrected chi connectivity index (χ1v) is 16.8. The van der Waals surface area contributed by atoms with E-state index in [1.54, 1.807) is 0 Å². The number of hydrogen-bond donors (Lipinski definition) is 0. The van der Waals surface area contributed by atoms with Crippen LogP contribution in [0.2, 0.25) is 0 Å². The average Bonchev–Trinajstić information content (AvgIpc) is 3.49. The molecule has 0 atom stereocenters. The van der Waals surface area contributed by atoms with Gasteiger partial charge in [-0.05, 0) is 67.7 Å². The van der Waals surface area contributed by atoms with Gasteiger partial charge in [0.15, 0.2) is 0 Å². The molecule has 0 aliphatic carbocycles. The Hall–Kier alpha value is -5.99. The maximum Gasteiger partial charge on any atom is 0.251 e. The summed E-state index contributed by atoms with van der Waals surface area (Å²) >= 11 is 0. The third-order valence-corrected chi connectivity index (χ3v) is 10.8. The highest BCUT2D eigenvalue weighted by Gasteiger charge is 2.39. The Morgan fingerprint density at radius 1 is 0.375 bits per heavy atom. The molecule has 0 saturated carbocycles. The molecule has 0 N–H and O–H groups in total. The Bertz CT molecular complexity index is 2790. The van der Waals surface area contributed by atoms with E-state index >= 15 is 0 Å². The summed E-state index contributed by atoms with van der Waals surface area (Å²) in [6.07, 6.45) is 0. The van der Waals surface area contributed by atoms with Gasteiger partial charge in [0.25, 0.3) is 6.71 Å². The highest BCUT2D eigenvalue weighted by Crippen LogP contribution is 2.35. The molecule has 0 saturated heterocycles. The van der Waals surface area contributed by atoms with Crippen molar-refractivity contribution in [2.45, 2.75) is 0 Å². The van der Waals surface area contributed by atoms with E-state index in [4.69, 9.17) is 4.74 Å². The number of fused-ring (bicyclic) bond motifs is 9. The van der Waals surface area contributed by atoms with Crippen LogP contribution < -0.4 is 37.5 Å². The van der Waals surface area contributed by atoms with Crippen LogP contribution in [0.25, 0.3) is 49.0 Å². The van der Waals surface area contributed by atoms with Crippen LogP contribution in [0.3, 0.4) is 0 Å². The van der Waals surface area contributed by atoms with Gasteiger partial charge in [-0.2, -0.15) is 0 Å². The van der Waals surface area contributed by atoms with Crippen LogP contribution in [-0.2, 0) is 0 Å². The van der Waals surface area contributed by atoms with Crippen molar-refractivity contribution >= 4 is 89.6 Å². The number of rotatable bonds is 2. The summed E-state index contributed by atoms with van der Waals surface area (Å²) in [6, 6.07) is 60.1. The Kier molecular flexibility index (Phi) is 5.31. The third kappa shape index (κ3) is 3.49. The molecule has 2 aliphatic heterocycles. The van der Waals surface area contributed by atoms with Crippen molar-refractivity contribution in [3.05, 3.63) is 164 Å². The molecule has 0 radical (unpaired) electrons. The van der Waals surface area contributed by atoms with Crippen molar-refractivity contribution in [3.63, 3.8) is 0 Å². The van der Waals surface area contributed by atoms with Gasteiger partial charge < -0.3 is 9.30 Å². The van der Waals surface area contributed by atoms with Crippen LogP contribution in [0.15, 0.2) is 164 Å². The molecule has 2 aliphatic rings. The molecule has 9 aromatic rings. The lowest BCUT2D eigenvalue weighted by Gasteiger charge is -2.33. The highest BCUT2D eigenvalue weighted by atomic mass is 16.5. The first-order chi connectivity index (χ1) is 23.8. The fourth-order valence-electron chi connectivity index (χ4n) is 8.81. The van der Waals surface area contributed by atoms with Crippen molar-refractivity contribution in [2.75, 3.05) is 0 Å². The van der Waals surface area contributed by atoms with E-state index in [-0.39, 0.29) is 13.4 Å². The first-order valence-electron chi connectivity index (χ1n) is 16.8. The zero-order valence-corrected chi connectivity index (χ0v) is 26.1. The van der Waals surface area contributed by atoms with E-state index in [9.17, 15) is 0 Å². The Morgan fingerprint density at radius 3 is 1.69 bits per heavy atom. The average molecular weight is 607 g/mol. The molecule has 0 bridgehead atoms. The smallest absolute Gasteiger partial charge is 0.251 e. The van der Waals surface area contributed by atoms with Crippen molar-refractivity contribution < 1.29 is 4.74 Å². The van der Waals surface area contributed by atoms with Crippen LogP contribution in [0.4, 0.5) is 0 Å². The van der Waals surface area contributed by atoms with E-state index < -0.39 is 0 Å². The molecule has 0 spiro atoms. The number of ether oxygens (including phenoxy) is 1. The summed E-state index contributed by atoms with van der Waals surface area (Å²) in [5, 5.41) is 7.65. The molecule has 2 nitrogen and oxygen atoms in total. The van der Waals surface area contributed by atoms with Crippen LogP contribution in [0, 0.1) is 0 Å². The second kappa shape index (κ2) is 9.76. The molecule has 3 heterocycles. The normalized spacial score (nSPS) is 13.1. The Balaban J connectivity index is 1.28. The van der Waals surface area contributed by atoms with Gasteiger partial charge in [-0.1, -0.05) is 150 Å². The molecule has 0 amide bonds. The van der Waals surface area contributed by atoms with E-state index in [1.165, 1.54) is 81.8 Å². The molecule has 48 heavy (non-hydrogen) atoms. The van der Waals surface area contributed by atoms with Gasteiger partial charge in [0.2, 0.25) is 6.71 Å². The summed E-state index contributed by atoms with van der Waals surface area (Å²) in [5.41, 5.74) is 11.4. The topological polar surface area (TPSA) is 14.2 Å². The number of para-hydroxylation sites is 3. The minimum atomic E-state index is 0.0202. The molecule has 1 aromatic heterocycles. The van der Waals surface area contributed by atoms with Gasteiger partial charge in [-0.25, -0.2) is 0 Å². The highest BCUT2D eigenvalue weighted by molar-refractivity contribution is 7.00. The minimum Gasteiger partial charge on any atom is -0.458 e. The SMILES string of the molecule is c1ccc2c(c1)Oc1cc3c(cc1B2c1cccc2ccccc12)-n1c2ccccc2c2cccc(c21)B3c1cccc2ccccc12. The van der Waals surface area contributed by atoms with E-state index in [1.807, 2.05) is 0 Å². The predicted octanol–water partition coefficient (Wildman–Crippen LogP) is 6.54. The maximum absolute atomic E-state index is 6.90. The monoisotopic (exact) mass is 607 g/mol. The van der Waals surface area contributed by atoms with Gasteiger partial charge in [0.05, 0.1) is 5.52 Å². The number of nitrogens with zero attached hydrogens (tertiary/aromatic N) is 1. The van der Waals surface area contributed by atoms with Crippen LogP contribution in [0.1, 0.15) is 0 Å².